The van der Waals surface area contributed by atoms with Crippen molar-refractivity contribution >= 4 is 0 Å². The maximum atomic E-state index is 13.0. The van der Waals surface area contributed by atoms with Gasteiger partial charge in [-0.25, -0.2) is 4.39 Å². The zero-order valence-corrected chi connectivity index (χ0v) is 11.9. The monoisotopic (exact) mass is 273 g/mol. The summed E-state index contributed by atoms with van der Waals surface area (Å²) in [7, 11) is 1.68. The van der Waals surface area contributed by atoms with Crippen molar-refractivity contribution in [2.75, 3.05) is 13.7 Å². The Kier molecular flexibility index (Phi) is 5.13. The molecule has 0 aromatic heterocycles. The van der Waals surface area contributed by atoms with E-state index in [2.05, 4.69) is 17.4 Å². The number of nitrogens with one attached hydrogen (secondary N) is 1. The molecule has 0 radical (unpaired) electrons. The zero-order chi connectivity index (χ0) is 14.4. The van der Waals surface area contributed by atoms with Gasteiger partial charge in [0.15, 0.2) is 0 Å². The number of methoxy groups -OCH3 is 1. The Bertz CT molecular complexity index is 569. The molecule has 0 fully saturated rings. The normalized spacial score (nSPS) is 10.6. The number of ether oxygens (including phenoxy) is 1. The van der Waals surface area contributed by atoms with Crippen LogP contribution in [-0.4, -0.2) is 13.7 Å². The van der Waals surface area contributed by atoms with Gasteiger partial charge in [0, 0.05) is 6.54 Å². The van der Waals surface area contributed by atoms with E-state index >= 15 is 0 Å². The third-order valence-corrected chi connectivity index (χ3v) is 3.27. The number of hydrogen-bond acceptors (Lipinski definition) is 2. The van der Waals surface area contributed by atoms with Gasteiger partial charge in [-0.2, -0.15) is 0 Å². The van der Waals surface area contributed by atoms with Crippen LogP contribution < -0.4 is 10.1 Å². The summed E-state index contributed by atoms with van der Waals surface area (Å²) in [5.41, 5.74) is 3.38. The second kappa shape index (κ2) is 7.06. The van der Waals surface area contributed by atoms with Crippen LogP contribution in [0, 0.1) is 12.7 Å². The third-order valence-electron chi connectivity index (χ3n) is 3.27. The molecule has 2 rings (SSSR count). The van der Waals surface area contributed by atoms with Crippen molar-refractivity contribution in [2.24, 2.45) is 0 Å². The number of aryl methyl sites for hydroxylation is 1. The van der Waals surface area contributed by atoms with Crippen LogP contribution in [0.3, 0.4) is 0 Å². The van der Waals surface area contributed by atoms with E-state index in [4.69, 9.17) is 4.74 Å². The molecule has 0 heterocycles. The lowest BCUT2D eigenvalue weighted by molar-refractivity contribution is 0.411. The van der Waals surface area contributed by atoms with Gasteiger partial charge in [-0.05, 0) is 54.8 Å². The van der Waals surface area contributed by atoms with E-state index in [0.717, 1.165) is 36.4 Å². The molecule has 0 aliphatic heterocycles. The predicted molar refractivity (Wildman–Crippen MR) is 79.5 cm³/mol. The first kappa shape index (κ1) is 14.5. The minimum Gasteiger partial charge on any atom is -0.496 e. The van der Waals surface area contributed by atoms with Gasteiger partial charge < -0.3 is 10.1 Å². The molecule has 0 aliphatic rings. The van der Waals surface area contributed by atoms with Gasteiger partial charge in [0.05, 0.1) is 7.11 Å². The summed E-state index contributed by atoms with van der Waals surface area (Å²) in [6.07, 6.45) is 0.826. The van der Waals surface area contributed by atoms with E-state index in [-0.39, 0.29) is 5.82 Å². The Morgan fingerprint density at radius 2 is 1.95 bits per heavy atom. The second-order valence-corrected chi connectivity index (χ2v) is 4.86. The predicted octanol–water partition coefficient (Wildman–Crippen LogP) is 3.48. The quantitative estimate of drug-likeness (QED) is 0.814. The molecule has 0 amide bonds. The summed E-state index contributed by atoms with van der Waals surface area (Å²) >= 11 is 0. The summed E-state index contributed by atoms with van der Waals surface area (Å²) < 4.78 is 18.3. The fraction of sp³-hybridized carbons (Fsp3) is 0.294. The van der Waals surface area contributed by atoms with E-state index in [1.54, 1.807) is 19.2 Å². The van der Waals surface area contributed by atoms with Crippen LogP contribution in [0.15, 0.2) is 42.5 Å². The van der Waals surface area contributed by atoms with E-state index in [0.29, 0.717) is 0 Å². The highest BCUT2D eigenvalue weighted by atomic mass is 19.1. The molecule has 2 aromatic carbocycles. The average molecular weight is 273 g/mol. The molecular weight excluding hydrogens is 253 g/mol. The molecule has 2 aromatic rings. The van der Waals surface area contributed by atoms with E-state index < -0.39 is 0 Å². The number of halogens is 1. The molecule has 0 bridgehead atoms. The van der Waals surface area contributed by atoms with Crippen LogP contribution in [0.25, 0.3) is 0 Å². The molecule has 106 valence electrons. The maximum absolute atomic E-state index is 13.0. The highest BCUT2D eigenvalue weighted by molar-refractivity contribution is 5.36. The van der Waals surface area contributed by atoms with Crippen LogP contribution in [0.2, 0.25) is 0 Å². The average Bonchev–Trinajstić information content (AvgIpc) is 2.44. The number of hydrogen-bond donors (Lipinski definition) is 1. The molecular formula is C17H20FNO. The van der Waals surface area contributed by atoms with Gasteiger partial charge in [-0.3, -0.25) is 0 Å². The topological polar surface area (TPSA) is 21.3 Å². The Hall–Kier alpha value is -1.87. The van der Waals surface area contributed by atoms with Crippen molar-refractivity contribution in [3.05, 3.63) is 65.0 Å². The lowest BCUT2D eigenvalue weighted by Crippen LogP contribution is -2.16. The summed E-state index contributed by atoms with van der Waals surface area (Å²) in [5.74, 6) is 0.738. The van der Waals surface area contributed by atoms with Gasteiger partial charge in [0.25, 0.3) is 0 Å². The molecule has 0 aliphatic carbocycles. The summed E-state index contributed by atoms with van der Waals surface area (Å²) in [4.78, 5) is 0. The summed E-state index contributed by atoms with van der Waals surface area (Å²) in [5, 5.41) is 3.37. The Morgan fingerprint density at radius 3 is 2.65 bits per heavy atom. The minimum absolute atomic E-state index is 0.173. The van der Waals surface area contributed by atoms with Crippen molar-refractivity contribution in [2.45, 2.75) is 19.9 Å². The van der Waals surface area contributed by atoms with Gasteiger partial charge in [0.2, 0.25) is 0 Å². The molecule has 0 saturated heterocycles. The molecule has 0 unspecified atom stereocenters. The SMILES string of the molecule is COc1ccc(CNCCc2cccc(F)c2)cc1C. The lowest BCUT2D eigenvalue weighted by atomic mass is 10.1. The van der Waals surface area contributed by atoms with Crippen LogP contribution in [0.5, 0.6) is 5.75 Å². The molecule has 2 nitrogen and oxygen atoms in total. The summed E-state index contributed by atoms with van der Waals surface area (Å²) in [6, 6.07) is 12.9. The van der Waals surface area contributed by atoms with Crippen LogP contribution in [0.4, 0.5) is 4.39 Å². The van der Waals surface area contributed by atoms with E-state index in [1.165, 1.54) is 11.6 Å². The standard InChI is InChI=1S/C17H20FNO/c1-13-10-15(6-7-17(13)20-2)12-19-9-8-14-4-3-5-16(18)11-14/h3-7,10-11,19H,8-9,12H2,1-2H3. The van der Waals surface area contributed by atoms with Crippen LogP contribution >= 0.6 is 0 Å². The third kappa shape index (κ3) is 4.07. The largest absolute Gasteiger partial charge is 0.496 e. The highest BCUT2D eigenvalue weighted by Crippen LogP contribution is 2.18. The molecule has 20 heavy (non-hydrogen) atoms. The fourth-order valence-corrected chi connectivity index (χ4v) is 2.21. The van der Waals surface area contributed by atoms with Crippen molar-refractivity contribution in [1.29, 1.82) is 0 Å². The lowest BCUT2D eigenvalue weighted by Gasteiger charge is -2.09. The van der Waals surface area contributed by atoms with Crippen molar-refractivity contribution in [3.8, 4) is 5.75 Å². The Labute approximate surface area is 119 Å². The van der Waals surface area contributed by atoms with Crippen molar-refractivity contribution in [1.82, 2.24) is 5.32 Å². The first-order valence-corrected chi connectivity index (χ1v) is 6.77. The number of benzene rings is 2. The first-order chi connectivity index (χ1) is 9.69. The van der Waals surface area contributed by atoms with Crippen molar-refractivity contribution in [3.63, 3.8) is 0 Å². The van der Waals surface area contributed by atoms with Crippen LogP contribution in [-0.2, 0) is 13.0 Å². The first-order valence-electron chi connectivity index (χ1n) is 6.77. The molecule has 0 spiro atoms. The number of rotatable bonds is 6. The minimum atomic E-state index is -0.173. The maximum Gasteiger partial charge on any atom is 0.123 e. The fourth-order valence-electron chi connectivity index (χ4n) is 2.21. The van der Waals surface area contributed by atoms with Crippen LogP contribution in [0.1, 0.15) is 16.7 Å². The Balaban J connectivity index is 1.80. The van der Waals surface area contributed by atoms with Gasteiger partial charge in [-0.15, -0.1) is 0 Å². The van der Waals surface area contributed by atoms with Gasteiger partial charge in [0.1, 0.15) is 11.6 Å². The van der Waals surface area contributed by atoms with E-state index in [9.17, 15) is 4.39 Å². The highest BCUT2D eigenvalue weighted by Gasteiger charge is 2.00. The molecule has 0 atom stereocenters. The summed E-state index contributed by atoms with van der Waals surface area (Å²) in [6.45, 7) is 3.67. The molecule has 3 heteroatoms. The molecule has 1 N–H and O–H groups in total. The second-order valence-electron chi connectivity index (χ2n) is 4.86. The van der Waals surface area contributed by atoms with Gasteiger partial charge in [-0.1, -0.05) is 24.3 Å². The smallest absolute Gasteiger partial charge is 0.123 e. The van der Waals surface area contributed by atoms with E-state index in [1.807, 2.05) is 19.1 Å². The van der Waals surface area contributed by atoms with Gasteiger partial charge >= 0.3 is 0 Å². The molecule has 0 saturated carbocycles. The Morgan fingerprint density at radius 1 is 1.10 bits per heavy atom. The van der Waals surface area contributed by atoms with Crippen molar-refractivity contribution < 1.29 is 9.13 Å². The zero-order valence-electron chi connectivity index (χ0n) is 11.9.